The molecule has 1 fully saturated rings. The zero-order valence-electron chi connectivity index (χ0n) is 12.4. The van der Waals surface area contributed by atoms with Gasteiger partial charge >= 0.3 is 0 Å². The van der Waals surface area contributed by atoms with Gasteiger partial charge in [0.15, 0.2) is 0 Å². The van der Waals surface area contributed by atoms with Gasteiger partial charge in [0.05, 0.1) is 5.52 Å². The number of nitrogens with two attached hydrogens (primary N) is 1. The van der Waals surface area contributed by atoms with Crippen LogP contribution in [0.5, 0.6) is 0 Å². The maximum atomic E-state index is 10.8. The lowest BCUT2D eigenvalue weighted by atomic mass is 9.96. The Morgan fingerprint density at radius 1 is 1.36 bits per heavy atom. The summed E-state index contributed by atoms with van der Waals surface area (Å²) in [6.45, 7) is 4.16. The smallest absolute Gasteiger partial charge is 0.274 e. The first-order valence-corrected chi connectivity index (χ1v) is 8.71. The van der Waals surface area contributed by atoms with Crippen LogP contribution in [-0.4, -0.2) is 38.0 Å². The SMILES string of the molecule is Cc1ccc2ncnc(N3CC(CCNS(N)(=O)=O)C3)c2c1. The lowest BCUT2D eigenvalue weighted by Gasteiger charge is -2.40. The molecule has 7 nitrogen and oxygen atoms in total. The molecule has 1 aliphatic rings. The second-order valence-corrected chi connectivity index (χ2v) is 7.10. The number of nitrogens with one attached hydrogen (secondary N) is 1. The molecule has 118 valence electrons. The molecule has 0 radical (unpaired) electrons. The van der Waals surface area contributed by atoms with E-state index in [1.807, 2.05) is 19.1 Å². The van der Waals surface area contributed by atoms with Gasteiger partial charge in [0.2, 0.25) is 0 Å². The van der Waals surface area contributed by atoms with E-state index in [-0.39, 0.29) is 0 Å². The zero-order chi connectivity index (χ0) is 15.7. The molecule has 1 saturated heterocycles. The number of benzene rings is 1. The van der Waals surface area contributed by atoms with E-state index >= 15 is 0 Å². The third kappa shape index (κ3) is 3.34. The van der Waals surface area contributed by atoms with E-state index in [4.69, 9.17) is 5.14 Å². The molecule has 0 amide bonds. The second-order valence-electron chi connectivity index (χ2n) is 5.72. The normalized spacial score (nSPS) is 16.0. The molecule has 0 spiro atoms. The quantitative estimate of drug-likeness (QED) is 0.838. The van der Waals surface area contributed by atoms with Gasteiger partial charge in [0.1, 0.15) is 12.1 Å². The fraction of sp³-hybridized carbons (Fsp3) is 0.429. The number of rotatable bonds is 5. The maximum Gasteiger partial charge on any atom is 0.274 e. The molecular formula is C14H19N5O2S. The molecule has 0 atom stereocenters. The Balaban J connectivity index is 1.64. The first kappa shape index (κ1) is 15.1. The number of anilines is 1. The summed E-state index contributed by atoms with van der Waals surface area (Å²) >= 11 is 0. The Hall–Kier alpha value is -1.77. The standard InChI is InChI=1S/C14H19N5O2S/c1-10-2-3-13-12(6-10)14(17-9-16-13)19-7-11(8-19)4-5-18-22(15,20)21/h2-3,6,9,11,18H,4-5,7-8H2,1H3,(H2,15,20,21). The van der Waals surface area contributed by atoms with Gasteiger partial charge in [-0.15, -0.1) is 0 Å². The van der Waals surface area contributed by atoms with Crippen molar-refractivity contribution in [2.75, 3.05) is 24.5 Å². The molecular weight excluding hydrogens is 302 g/mol. The minimum Gasteiger partial charge on any atom is -0.355 e. The molecule has 0 saturated carbocycles. The first-order valence-electron chi connectivity index (χ1n) is 7.16. The van der Waals surface area contributed by atoms with Gasteiger partial charge < -0.3 is 4.90 Å². The first-order chi connectivity index (χ1) is 10.4. The van der Waals surface area contributed by atoms with Crippen molar-refractivity contribution in [1.82, 2.24) is 14.7 Å². The van der Waals surface area contributed by atoms with Crippen LogP contribution in [0.1, 0.15) is 12.0 Å². The molecule has 2 aromatic rings. The summed E-state index contributed by atoms with van der Waals surface area (Å²) < 4.78 is 24.0. The van der Waals surface area contributed by atoms with Gasteiger partial charge in [-0.25, -0.2) is 19.8 Å². The second kappa shape index (κ2) is 5.79. The summed E-state index contributed by atoms with van der Waals surface area (Å²) in [5.74, 6) is 1.40. The van der Waals surface area contributed by atoms with Crippen LogP contribution in [0.4, 0.5) is 5.82 Å². The van der Waals surface area contributed by atoms with E-state index < -0.39 is 10.2 Å². The summed E-state index contributed by atoms with van der Waals surface area (Å²) in [7, 11) is -3.59. The summed E-state index contributed by atoms with van der Waals surface area (Å²) in [5, 5.41) is 5.97. The van der Waals surface area contributed by atoms with Crippen LogP contribution in [0.25, 0.3) is 10.9 Å². The molecule has 1 aromatic heterocycles. The minimum atomic E-state index is -3.59. The van der Waals surface area contributed by atoms with Crippen LogP contribution in [-0.2, 0) is 10.2 Å². The third-order valence-electron chi connectivity index (χ3n) is 3.88. The summed E-state index contributed by atoms with van der Waals surface area (Å²) in [4.78, 5) is 10.9. The van der Waals surface area contributed by atoms with Crippen LogP contribution in [0.3, 0.4) is 0 Å². The molecule has 8 heteroatoms. The number of nitrogens with zero attached hydrogens (tertiary/aromatic N) is 3. The van der Waals surface area contributed by atoms with Crippen LogP contribution in [0, 0.1) is 12.8 Å². The number of aryl methyl sites for hydroxylation is 1. The van der Waals surface area contributed by atoms with Gasteiger partial charge in [-0.2, -0.15) is 8.42 Å². The third-order valence-corrected chi connectivity index (χ3v) is 4.49. The van der Waals surface area contributed by atoms with E-state index in [2.05, 4.69) is 25.7 Å². The fourth-order valence-electron chi connectivity index (χ4n) is 2.74. The predicted molar refractivity (Wildman–Crippen MR) is 85.7 cm³/mol. The Kier molecular flexibility index (Phi) is 3.98. The number of hydrogen-bond acceptors (Lipinski definition) is 5. The Morgan fingerprint density at radius 2 is 2.14 bits per heavy atom. The average molecular weight is 321 g/mol. The molecule has 3 N–H and O–H groups in total. The maximum absolute atomic E-state index is 10.8. The van der Waals surface area contributed by atoms with Crippen LogP contribution < -0.4 is 14.8 Å². The fourth-order valence-corrected chi connectivity index (χ4v) is 3.14. The highest BCUT2D eigenvalue weighted by atomic mass is 32.2. The van der Waals surface area contributed by atoms with Gasteiger partial charge in [0, 0.05) is 25.0 Å². The van der Waals surface area contributed by atoms with E-state index in [0.29, 0.717) is 12.5 Å². The van der Waals surface area contributed by atoms with Crippen molar-refractivity contribution in [2.24, 2.45) is 11.1 Å². The predicted octanol–water partition coefficient (Wildman–Crippen LogP) is 0.558. The Bertz CT molecular complexity index is 787. The topological polar surface area (TPSA) is 101 Å². The summed E-state index contributed by atoms with van der Waals surface area (Å²) in [5.41, 5.74) is 2.12. The van der Waals surface area contributed by atoms with Crippen molar-refractivity contribution in [3.8, 4) is 0 Å². The lowest BCUT2D eigenvalue weighted by molar-refractivity contribution is 0.382. The number of hydrogen-bond donors (Lipinski definition) is 2. The van der Waals surface area contributed by atoms with Crippen LogP contribution in [0.15, 0.2) is 24.5 Å². The lowest BCUT2D eigenvalue weighted by Crippen LogP contribution is -2.48. The molecule has 0 unspecified atom stereocenters. The zero-order valence-corrected chi connectivity index (χ0v) is 13.2. The van der Waals surface area contributed by atoms with E-state index in [0.717, 1.165) is 36.2 Å². The Labute approximate surface area is 129 Å². The van der Waals surface area contributed by atoms with Gasteiger partial charge in [-0.3, -0.25) is 0 Å². The van der Waals surface area contributed by atoms with Gasteiger partial charge in [0.25, 0.3) is 10.2 Å². The molecule has 0 aliphatic carbocycles. The molecule has 0 bridgehead atoms. The van der Waals surface area contributed by atoms with Gasteiger partial charge in [-0.05, 0) is 31.4 Å². The van der Waals surface area contributed by atoms with Crippen molar-refractivity contribution < 1.29 is 8.42 Å². The summed E-state index contributed by atoms with van der Waals surface area (Å²) in [6, 6.07) is 6.14. The van der Waals surface area contributed by atoms with Crippen LogP contribution in [0.2, 0.25) is 0 Å². The Morgan fingerprint density at radius 3 is 2.86 bits per heavy atom. The van der Waals surface area contributed by atoms with Crippen molar-refractivity contribution in [3.05, 3.63) is 30.1 Å². The molecule has 1 aromatic carbocycles. The molecule has 3 rings (SSSR count). The average Bonchev–Trinajstić information content (AvgIpc) is 2.40. The van der Waals surface area contributed by atoms with Crippen molar-refractivity contribution in [3.63, 3.8) is 0 Å². The number of fused-ring (bicyclic) bond motifs is 1. The number of aromatic nitrogens is 2. The highest BCUT2D eigenvalue weighted by Crippen LogP contribution is 2.30. The minimum absolute atomic E-state index is 0.376. The van der Waals surface area contributed by atoms with E-state index in [9.17, 15) is 8.42 Å². The van der Waals surface area contributed by atoms with Crippen molar-refractivity contribution in [1.29, 1.82) is 0 Å². The monoisotopic (exact) mass is 321 g/mol. The summed E-state index contributed by atoms with van der Waals surface area (Å²) in [6.07, 6.45) is 2.36. The van der Waals surface area contributed by atoms with E-state index in [1.54, 1.807) is 6.33 Å². The van der Waals surface area contributed by atoms with Gasteiger partial charge in [-0.1, -0.05) is 11.6 Å². The van der Waals surface area contributed by atoms with Crippen LogP contribution >= 0.6 is 0 Å². The molecule has 2 heterocycles. The van der Waals surface area contributed by atoms with Crippen molar-refractivity contribution >= 4 is 26.9 Å². The van der Waals surface area contributed by atoms with Crippen molar-refractivity contribution in [2.45, 2.75) is 13.3 Å². The molecule has 1 aliphatic heterocycles. The molecule has 22 heavy (non-hydrogen) atoms. The van der Waals surface area contributed by atoms with E-state index in [1.165, 1.54) is 5.56 Å². The highest BCUT2D eigenvalue weighted by Gasteiger charge is 2.28. The largest absolute Gasteiger partial charge is 0.355 e. The highest BCUT2D eigenvalue weighted by molar-refractivity contribution is 7.87.